The summed E-state index contributed by atoms with van der Waals surface area (Å²) in [5.74, 6) is 1.14. The smallest absolute Gasteiger partial charge is 0.253 e. The number of rotatable bonds is 7. The number of hydrogen-bond donors (Lipinski definition) is 2. The first-order valence-electron chi connectivity index (χ1n) is 9.23. The van der Waals surface area contributed by atoms with Crippen LogP contribution in [-0.4, -0.2) is 31.6 Å². The Bertz CT molecular complexity index is 820. The summed E-state index contributed by atoms with van der Waals surface area (Å²) in [6.07, 6.45) is 1.74. The van der Waals surface area contributed by atoms with Gasteiger partial charge in [-0.3, -0.25) is 9.59 Å². The SMILES string of the molecule is CCCNC(=O)c1ccccc1NC(=O)CCc1ccc2c(c1)OCCO2. The van der Waals surface area contributed by atoms with E-state index in [-0.39, 0.29) is 11.8 Å². The number of anilines is 1. The number of ether oxygens (including phenoxy) is 2. The molecule has 0 radical (unpaired) electrons. The zero-order chi connectivity index (χ0) is 19.1. The molecule has 0 unspecified atom stereocenters. The van der Waals surface area contributed by atoms with E-state index in [1.165, 1.54) is 0 Å². The molecule has 1 aliphatic rings. The van der Waals surface area contributed by atoms with Gasteiger partial charge >= 0.3 is 0 Å². The average Bonchev–Trinajstić information content (AvgIpc) is 2.70. The van der Waals surface area contributed by atoms with Gasteiger partial charge in [0.05, 0.1) is 11.3 Å². The Morgan fingerprint density at radius 2 is 1.81 bits per heavy atom. The van der Waals surface area contributed by atoms with Gasteiger partial charge in [0.15, 0.2) is 11.5 Å². The molecule has 0 spiro atoms. The largest absolute Gasteiger partial charge is 0.486 e. The van der Waals surface area contributed by atoms with Crippen LogP contribution in [0.25, 0.3) is 0 Å². The summed E-state index contributed by atoms with van der Waals surface area (Å²) >= 11 is 0. The summed E-state index contributed by atoms with van der Waals surface area (Å²) in [6.45, 7) is 3.69. The van der Waals surface area contributed by atoms with Crippen LogP contribution in [0.2, 0.25) is 0 Å². The lowest BCUT2D eigenvalue weighted by molar-refractivity contribution is -0.116. The third kappa shape index (κ3) is 5.00. The van der Waals surface area contributed by atoms with E-state index in [1.54, 1.807) is 24.3 Å². The van der Waals surface area contributed by atoms with Gasteiger partial charge in [-0.1, -0.05) is 25.1 Å². The first kappa shape index (κ1) is 18.8. The highest BCUT2D eigenvalue weighted by Crippen LogP contribution is 2.31. The standard InChI is InChI=1S/C21H24N2O4/c1-2-11-22-21(25)16-5-3-4-6-17(16)23-20(24)10-8-15-7-9-18-19(14-15)27-13-12-26-18/h3-7,9,14H,2,8,10-13H2,1H3,(H,22,25)(H,23,24). The predicted octanol–water partition coefficient (Wildman–Crippen LogP) is 3.17. The predicted molar refractivity (Wildman–Crippen MR) is 103 cm³/mol. The maximum Gasteiger partial charge on any atom is 0.253 e. The van der Waals surface area contributed by atoms with Crippen molar-refractivity contribution in [3.05, 3.63) is 53.6 Å². The van der Waals surface area contributed by atoms with Gasteiger partial charge in [-0.05, 0) is 42.7 Å². The molecule has 0 bridgehead atoms. The molecular weight excluding hydrogens is 344 g/mol. The molecule has 0 saturated heterocycles. The van der Waals surface area contributed by atoms with Crippen molar-refractivity contribution >= 4 is 17.5 Å². The fourth-order valence-corrected chi connectivity index (χ4v) is 2.84. The molecule has 142 valence electrons. The van der Waals surface area contributed by atoms with Crippen LogP contribution in [0.3, 0.4) is 0 Å². The second kappa shape index (κ2) is 9.07. The summed E-state index contributed by atoms with van der Waals surface area (Å²) < 4.78 is 11.1. The van der Waals surface area contributed by atoms with Crippen LogP contribution < -0.4 is 20.1 Å². The Morgan fingerprint density at radius 1 is 1.04 bits per heavy atom. The van der Waals surface area contributed by atoms with Crippen molar-refractivity contribution in [2.45, 2.75) is 26.2 Å². The lowest BCUT2D eigenvalue weighted by atomic mass is 10.1. The van der Waals surface area contributed by atoms with Crippen molar-refractivity contribution in [1.29, 1.82) is 0 Å². The highest BCUT2D eigenvalue weighted by molar-refractivity contribution is 6.03. The fourth-order valence-electron chi connectivity index (χ4n) is 2.84. The number of aryl methyl sites for hydroxylation is 1. The number of carbonyl (C=O) groups is 2. The molecule has 1 aliphatic heterocycles. The fraction of sp³-hybridized carbons (Fsp3) is 0.333. The number of hydrogen-bond acceptors (Lipinski definition) is 4. The molecule has 6 heteroatoms. The van der Waals surface area contributed by atoms with Gasteiger partial charge in [0, 0.05) is 13.0 Å². The molecule has 0 fully saturated rings. The van der Waals surface area contributed by atoms with E-state index in [0.717, 1.165) is 23.5 Å². The summed E-state index contributed by atoms with van der Waals surface area (Å²) in [6, 6.07) is 12.7. The van der Waals surface area contributed by atoms with Crippen molar-refractivity contribution in [3.8, 4) is 11.5 Å². The van der Waals surface area contributed by atoms with Crippen LogP contribution in [0.1, 0.15) is 35.7 Å². The van der Waals surface area contributed by atoms with Crippen LogP contribution in [0, 0.1) is 0 Å². The van der Waals surface area contributed by atoms with Crippen molar-refractivity contribution in [2.24, 2.45) is 0 Å². The molecule has 1 heterocycles. The van der Waals surface area contributed by atoms with Crippen LogP contribution in [0.5, 0.6) is 11.5 Å². The third-order valence-electron chi connectivity index (χ3n) is 4.23. The van der Waals surface area contributed by atoms with Crippen molar-refractivity contribution in [2.75, 3.05) is 25.1 Å². The molecule has 27 heavy (non-hydrogen) atoms. The summed E-state index contributed by atoms with van der Waals surface area (Å²) in [5, 5.41) is 5.68. The normalized spacial score (nSPS) is 12.3. The molecular formula is C21H24N2O4. The van der Waals surface area contributed by atoms with Crippen LogP contribution >= 0.6 is 0 Å². The molecule has 3 rings (SSSR count). The molecule has 2 aromatic rings. The molecule has 2 aromatic carbocycles. The van der Waals surface area contributed by atoms with Crippen molar-refractivity contribution in [3.63, 3.8) is 0 Å². The molecule has 0 aromatic heterocycles. The Hall–Kier alpha value is -3.02. The minimum absolute atomic E-state index is 0.138. The quantitative estimate of drug-likeness (QED) is 0.787. The van der Waals surface area contributed by atoms with Gasteiger partial charge in [-0.15, -0.1) is 0 Å². The monoisotopic (exact) mass is 368 g/mol. The van der Waals surface area contributed by atoms with Crippen LogP contribution in [-0.2, 0) is 11.2 Å². The molecule has 0 aliphatic carbocycles. The second-order valence-corrected chi connectivity index (χ2v) is 6.33. The molecule has 0 saturated carbocycles. The van der Waals surface area contributed by atoms with Crippen LogP contribution in [0.15, 0.2) is 42.5 Å². The van der Waals surface area contributed by atoms with E-state index >= 15 is 0 Å². The van der Waals surface area contributed by atoms with Gasteiger partial charge in [0.25, 0.3) is 5.91 Å². The topological polar surface area (TPSA) is 76.7 Å². The minimum atomic E-state index is -0.181. The van der Waals surface area contributed by atoms with Gasteiger partial charge in [0.2, 0.25) is 5.91 Å². The maximum absolute atomic E-state index is 12.4. The number of benzene rings is 2. The molecule has 2 N–H and O–H groups in total. The second-order valence-electron chi connectivity index (χ2n) is 6.33. The third-order valence-corrected chi connectivity index (χ3v) is 4.23. The number of fused-ring (bicyclic) bond motifs is 1. The lowest BCUT2D eigenvalue weighted by Gasteiger charge is -2.18. The number of para-hydroxylation sites is 1. The number of carbonyl (C=O) groups excluding carboxylic acids is 2. The summed E-state index contributed by atoms with van der Waals surface area (Å²) in [4.78, 5) is 24.6. The average molecular weight is 368 g/mol. The van der Waals surface area contributed by atoms with Gasteiger partial charge in [-0.2, -0.15) is 0 Å². The Morgan fingerprint density at radius 3 is 2.63 bits per heavy atom. The summed E-state index contributed by atoms with van der Waals surface area (Å²) in [5.41, 5.74) is 2.00. The molecule has 0 atom stereocenters. The first-order valence-corrected chi connectivity index (χ1v) is 9.23. The minimum Gasteiger partial charge on any atom is -0.486 e. The number of nitrogens with one attached hydrogen (secondary N) is 2. The van der Waals surface area contributed by atoms with E-state index in [1.807, 2.05) is 25.1 Å². The van der Waals surface area contributed by atoms with Gasteiger partial charge in [-0.25, -0.2) is 0 Å². The molecule has 6 nitrogen and oxygen atoms in total. The van der Waals surface area contributed by atoms with E-state index in [0.29, 0.717) is 43.9 Å². The van der Waals surface area contributed by atoms with E-state index in [9.17, 15) is 9.59 Å². The zero-order valence-corrected chi connectivity index (χ0v) is 15.4. The Balaban J connectivity index is 1.59. The van der Waals surface area contributed by atoms with Gasteiger partial charge < -0.3 is 20.1 Å². The van der Waals surface area contributed by atoms with E-state index in [4.69, 9.17) is 9.47 Å². The van der Waals surface area contributed by atoms with Crippen molar-refractivity contribution < 1.29 is 19.1 Å². The van der Waals surface area contributed by atoms with E-state index < -0.39 is 0 Å². The molecule has 2 amide bonds. The highest BCUT2D eigenvalue weighted by Gasteiger charge is 2.14. The van der Waals surface area contributed by atoms with Crippen LogP contribution in [0.4, 0.5) is 5.69 Å². The Kier molecular flexibility index (Phi) is 6.30. The number of amides is 2. The highest BCUT2D eigenvalue weighted by atomic mass is 16.6. The van der Waals surface area contributed by atoms with E-state index in [2.05, 4.69) is 10.6 Å². The van der Waals surface area contributed by atoms with Gasteiger partial charge in [0.1, 0.15) is 13.2 Å². The lowest BCUT2D eigenvalue weighted by Crippen LogP contribution is -2.25. The zero-order valence-electron chi connectivity index (χ0n) is 15.4. The maximum atomic E-state index is 12.4. The van der Waals surface area contributed by atoms with Crippen molar-refractivity contribution in [1.82, 2.24) is 5.32 Å². The summed E-state index contributed by atoms with van der Waals surface area (Å²) in [7, 11) is 0. The first-order chi connectivity index (χ1) is 13.2. The Labute approximate surface area is 158 Å².